The van der Waals surface area contributed by atoms with Gasteiger partial charge in [-0.2, -0.15) is 4.68 Å². The lowest BCUT2D eigenvalue weighted by molar-refractivity contribution is 0.493. The van der Waals surface area contributed by atoms with Gasteiger partial charge in [-0.05, 0) is 47.7 Å². The second-order valence-electron chi connectivity index (χ2n) is 5.29. The molecule has 94 valence electrons. The predicted molar refractivity (Wildman–Crippen MR) is 69.6 cm³/mol. The summed E-state index contributed by atoms with van der Waals surface area (Å²) in [5.41, 5.74) is 2.50. The molecule has 1 aromatic heterocycles. The molecule has 0 radical (unpaired) electrons. The smallest absolute Gasteiger partial charge is 0.143 e. The van der Waals surface area contributed by atoms with Gasteiger partial charge >= 0.3 is 0 Å². The molecule has 1 aliphatic carbocycles. The monoisotopic (exact) mass is 243 g/mol. The molecule has 18 heavy (non-hydrogen) atoms. The zero-order chi connectivity index (χ0) is 12.6. The first-order valence-corrected chi connectivity index (χ1v) is 6.28. The highest BCUT2D eigenvalue weighted by Gasteiger charge is 2.42. The summed E-state index contributed by atoms with van der Waals surface area (Å²) in [6.45, 7) is 4.56. The zero-order valence-corrected chi connectivity index (χ0v) is 10.7. The molecule has 1 unspecified atom stereocenters. The van der Waals surface area contributed by atoms with Crippen LogP contribution in [0, 0.1) is 5.41 Å². The molecule has 5 heteroatoms. The maximum Gasteiger partial charge on any atom is 0.143 e. The summed E-state index contributed by atoms with van der Waals surface area (Å²) in [6.07, 6.45) is 4.21. The highest BCUT2D eigenvalue weighted by Crippen LogP contribution is 2.49. The van der Waals surface area contributed by atoms with E-state index < -0.39 is 0 Å². The van der Waals surface area contributed by atoms with E-state index in [1.807, 2.05) is 18.2 Å². The molecule has 5 nitrogen and oxygen atoms in total. The molecular weight excluding hydrogens is 226 g/mol. The van der Waals surface area contributed by atoms with Crippen LogP contribution in [-0.4, -0.2) is 26.2 Å². The third kappa shape index (κ3) is 1.96. The number of hydrogen-bond acceptors (Lipinski definition) is 4. The molecule has 1 N–H and O–H groups in total. The lowest BCUT2D eigenvalue weighted by Gasteiger charge is -2.23. The van der Waals surface area contributed by atoms with Gasteiger partial charge in [0.05, 0.1) is 11.4 Å². The fourth-order valence-corrected chi connectivity index (χ4v) is 2.10. The van der Waals surface area contributed by atoms with Crippen molar-refractivity contribution in [1.82, 2.24) is 20.2 Å². The van der Waals surface area contributed by atoms with E-state index in [1.54, 1.807) is 11.0 Å². The fraction of sp³-hybridized carbons (Fsp3) is 0.462. The first-order valence-electron chi connectivity index (χ1n) is 6.28. The van der Waals surface area contributed by atoms with E-state index in [1.165, 1.54) is 12.8 Å². The van der Waals surface area contributed by atoms with Crippen molar-refractivity contribution in [1.29, 1.82) is 0 Å². The largest absolute Gasteiger partial charge is 0.380 e. The molecule has 0 saturated heterocycles. The Bertz CT molecular complexity index is 530. The van der Waals surface area contributed by atoms with Gasteiger partial charge in [-0.1, -0.05) is 19.1 Å². The number of hydrogen-bond donors (Lipinski definition) is 1. The highest BCUT2D eigenvalue weighted by atomic mass is 15.5. The van der Waals surface area contributed by atoms with Gasteiger partial charge in [0.2, 0.25) is 0 Å². The van der Waals surface area contributed by atoms with Crippen LogP contribution in [0.25, 0.3) is 5.69 Å². The standard InChI is InChI=1S/C13H17N5/c1-10(13(2)7-8-13)15-11-5-3-4-6-12(11)18-9-14-16-17-18/h3-6,9-10,15H,7-8H2,1-2H3. The lowest BCUT2D eigenvalue weighted by Crippen LogP contribution is -2.25. The third-order valence-corrected chi connectivity index (χ3v) is 3.96. The van der Waals surface area contributed by atoms with Crippen LogP contribution >= 0.6 is 0 Å². The molecule has 1 atom stereocenters. The molecule has 3 rings (SSSR count). The van der Waals surface area contributed by atoms with Crippen molar-refractivity contribution < 1.29 is 0 Å². The van der Waals surface area contributed by atoms with Crippen molar-refractivity contribution >= 4 is 5.69 Å². The van der Waals surface area contributed by atoms with E-state index in [0.717, 1.165) is 11.4 Å². The minimum absolute atomic E-state index is 0.438. The van der Waals surface area contributed by atoms with Crippen LogP contribution in [-0.2, 0) is 0 Å². The average molecular weight is 243 g/mol. The molecule has 1 fully saturated rings. The van der Waals surface area contributed by atoms with Crippen molar-refractivity contribution in [2.75, 3.05) is 5.32 Å². The van der Waals surface area contributed by atoms with E-state index in [2.05, 4.69) is 40.8 Å². The Morgan fingerprint density at radius 3 is 2.78 bits per heavy atom. The number of anilines is 1. The van der Waals surface area contributed by atoms with Gasteiger partial charge in [0, 0.05) is 6.04 Å². The third-order valence-electron chi connectivity index (χ3n) is 3.96. The maximum atomic E-state index is 3.95. The minimum atomic E-state index is 0.438. The molecule has 0 amide bonds. The summed E-state index contributed by atoms with van der Waals surface area (Å²) in [4.78, 5) is 0. The molecule has 1 aliphatic rings. The van der Waals surface area contributed by atoms with E-state index in [9.17, 15) is 0 Å². The van der Waals surface area contributed by atoms with Gasteiger partial charge in [0.15, 0.2) is 0 Å². The topological polar surface area (TPSA) is 55.6 Å². The van der Waals surface area contributed by atoms with Gasteiger partial charge in [0.25, 0.3) is 0 Å². The first kappa shape index (κ1) is 11.2. The lowest BCUT2D eigenvalue weighted by atomic mass is 10.0. The van der Waals surface area contributed by atoms with E-state index >= 15 is 0 Å². The van der Waals surface area contributed by atoms with Crippen molar-refractivity contribution in [2.24, 2.45) is 5.41 Å². The molecule has 1 aromatic carbocycles. The van der Waals surface area contributed by atoms with E-state index in [4.69, 9.17) is 0 Å². The number of rotatable bonds is 4. The molecule has 0 spiro atoms. The maximum absolute atomic E-state index is 3.95. The Kier molecular flexibility index (Phi) is 2.54. The highest BCUT2D eigenvalue weighted by molar-refractivity contribution is 5.61. The van der Waals surface area contributed by atoms with Gasteiger partial charge in [-0.3, -0.25) is 0 Å². The molecule has 1 saturated carbocycles. The van der Waals surface area contributed by atoms with Gasteiger partial charge in [0.1, 0.15) is 6.33 Å². The summed E-state index contributed by atoms with van der Waals surface area (Å²) < 4.78 is 1.68. The average Bonchev–Trinajstić information content (AvgIpc) is 2.93. The Morgan fingerprint density at radius 1 is 1.33 bits per heavy atom. The summed E-state index contributed by atoms with van der Waals surface area (Å²) in [5.74, 6) is 0. The van der Waals surface area contributed by atoms with Crippen molar-refractivity contribution in [3.05, 3.63) is 30.6 Å². The summed E-state index contributed by atoms with van der Waals surface area (Å²) in [5, 5.41) is 14.9. The zero-order valence-electron chi connectivity index (χ0n) is 10.7. The molecular formula is C13H17N5. The Balaban J connectivity index is 1.88. The van der Waals surface area contributed by atoms with Crippen LogP contribution in [0.2, 0.25) is 0 Å². The molecule has 1 heterocycles. The van der Waals surface area contributed by atoms with E-state index in [-0.39, 0.29) is 0 Å². The second-order valence-corrected chi connectivity index (χ2v) is 5.29. The molecule has 0 bridgehead atoms. The van der Waals surface area contributed by atoms with Gasteiger partial charge in [-0.25, -0.2) is 0 Å². The number of aromatic nitrogens is 4. The Morgan fingerprint density at radius 2 is 2.11 bits per heavy atom. The summed E-state index contributed by atoms with van der Waals surface area (Å²) in [7, 11) is 0. The van der Waals surface area contributed by atoms with Crippen molar-refractivity contribution in [3.8, 4) is 5.69 Å². The quantitative estimate of drug-likeness (QED) is 0.895. The van der Waals surface area contributed by atoms with Crippen LogP contribution < -0.4 is 5.32 Å². The number of benzene rings is 1. The minimum Gasteiger partial charge on any atom is -0.380 e. The number of nitrogens with one attached hydrogen (secondary N) is 1. The van der Waals surface area contributed by atoms with Crippen LogP contribution in [0.4, 0.5) is 5.69 Å². The molecule has 2 aromatic rings. The van der Waals surface area contributed by atoms with Gasteiger partial charge in [-0.15, -0.1) is 5.10 Å². The predicted octanol–water partition coefficient (Wildman–Crippen LogP) is 2.26. The number of nitrogens with zero attached hydrogens (tertiary/aromatic N) is 4. The van der Waals surface area contributed by atoms with E-state index in [0.29, 0.717) is 11.5 Å². The van der Waals surface area contributed by atoms with Crippen LogP contribution in [0.1, 0.15) is 26.7 Å². The van der Waals surface area contributed by atoms with Gasteiger partial charge < -0.3 is 5.32 Å². The van der Waals surface area contributed by atoms with Crippen molar-refractivity contribution in [2.45, 2.75) is 32.7 Å². The Hall–Kier alpha value is -1.91. The summed E-state index contributed by atoms with van der Waals surface area (Å²) >= 11 is 0. The number of tetrazole rings is 1. The van der Waals surface area contributed by atoms with Crippen LogP contribution in [0.5, 0.6) is 0 Å². The molecule has 0 aliphatic heterocycles. The normalized spacial score (nSPS) is 18.3. The van der Waals surface area contributed by atoms with Crippen LogP contribution in [0.15, 0.2) is 30.6 Å². The summed E-state index contributed by atoms with van der Waals surface area (Å²) in [6, 6.07) is 8.55. The first-order chi connectivity index (χ1) is 8.69. The second kappa shape index (κ2) is 4.08. The van der Waals surface area contributed by atoms with Crippen molar-refractivity contribution in [3.63, 3.8) is 0 Å². The fourth-order valence-electron chi connectivity index (χ4n) is 2.10. The Labute approximate surface area is 106 Å². The SMILES string of the molecule is CC(Nc1ccccc1-n1cnnn1)C1(C)CC1. The number of para-hydroxylation sites is 2. The van der Waals surface area contributed by atoms with Crippen LogP contribution in [0.3, 0.4) is 0 Å².